The van der Waals surface area contributed by atoms with Crippen molar-refractivity contribution < 1.29 is 4.74 Å². The lowest BCUT2D eigenvalue weighted by Gasteiger charge is -1.98. The molecule has 0 radical (unpaired) electrons. The third-order valence-corrected chi connectivity index (χ3v) is 2.99. The summed E-state index contributed by atoms with van der Waals surface area (Å²) in [6, 6.07) is 17.5. The maximum Gasteiger partial charge on any atom is 0.118 e. The van der Waals surface area contributed by atoms with E-state index in [-0.39, 0.29) is 0 Å². The van der Waals surface area contributed by atoms with Crippen LogP contribution >= 0.6 is 0 Å². The zero-order chi connectivity index (χ0) is 14.5. The molecule has 104 valence electrons. The van der Waals surface area contributed by atoms with Crippen LogP contribution in [-0.2, 0) is 0 Å². The van der Waals surface area contributed by atoms with Gasteiger partial charge >= 0.3 is 0 Å². The van der Waals surface area contributed by atoms with Crippen molar-refractivity contribution in [1.82, 2.24) is 15.1 Å². The molecule has 3 rings (SSSR count). The van der Waals surface area contributed by atoms with Crippen molar-refractivity contribution in [3.05, 3.63) is 66.4 Å². The average Bonchev–Trinajstić information content (AvgIpc) is 3.03. The number of nitrogens with zero attached hydrogens (tertiary/aromatic N) is 4. The Morgan fingerprint density at radius 2 is 1.81 bits per heavy atom. The van der Waals surface area contributed by atoms with Gasteiger partial charge in [0.15, 0.2) is 0 Å². The predicted molar refractivity (Wildman–Crippen MR) is 81.4 cm³/mol. The summed E-state index contributed by atoms with van der Waals surface area (Å²) in [5.74, 6) is 0.819. The normalized spacial score (nSPS) is 10.9. The van der Waals surface area contributed by atoms with Gasteiger partial charge in [-0.25, -0.2) is 0 Å². The van der Waals surface area contributed by atoms with Gasteiger partial charge in [0, 0.05) is 5.56 Å². The Morgan fingerprint density at radius 3 is 2.52 bits per heavy atom. The highest BCUT2D eigenvalue weighted by Crippen LogP contribution is 2.14. The van der Waals surface area contributed by atoms with Gasteiger partial charge in [-0.15, -0.1) is 9.89 Å². The fourth-order valence-electron chi connectivity index (χ4n) is 1.87. The lowest BCUT2D eigenvalue weighted by atomic mass is 10.2. The summed E-state index contributed by atoms with van der Waals surface area (Å²) < 4.78 is 5.11. The van der Waals surface area contributed by atoms with E-state index in [1.54, 1.807) is 19.5 Å². The minimum atomic E-state index is 0.794. The van der Waals surface area contributed by atoms with Crippen molar-refractivity contribution in [3.63, 3.8) is 0 Å². The van der Waals surface area contributed by atoms with Gasteiger partial charge in [0.2, 0.25) is 0 Å². The van der Waals surface area contributed by atoms with Crippen molar-refractivity contribution in [1.29, 1.82) is 0 Å². The third kappa shape index (κ3) is 3.14. The van der Waals surface area contributed by atoms with E-state index in [4.69, 9.17) is 4.74 Å². The average molecular weight is 278 g/mol. The molecule has 0 saturated carbocycles. The van der Waals surface area contributed by atoms with Crippen LogP contribution in [0.2, 0.25) is 0 Å². The molecule has 0 aliphatic carbocycles. The first kappa shape index (κ1) is 13.1. The highest BCUT2D eigenvalue weighted by Gasteiger charge is 2.01. The summed E-state index contributed by atoms with van der Waals surface area (Å²) in [7, 11) is 1.64. The fourth-order valence-corrected chi connectivity index (χ4v) is 1.87. The molecule has 21 heavy (non-hydrogen) atoms. The Kier molecular flexibility index (Phi) is 3.73. The maximum atomic E-state index is 5.11. The highest BCUT2D eigenvalue weighted by atomic mass is 16.5. The van der Waals surface area contributed by atoms with Crippen molar-refractivity contribution >= 4 is 6.21 Å². The van der Waals surface area contributed by atoms with Crippen LogP contribution in [0.1, 0.15) is 5.56 Å². The van der Waals surface area contributed by atoms with Crippen LogP contribution < -0.4 is 4.74 Å². The molecule has 1 aromatic heterocycles. The van der Waals surface area contributed by atoms with Crippen LogP contribution in [0, 0.1) is 0 Å². The molecule has 0 N–H and O–H groups in total. The molecule has 5 nitrogen and oxygen atoms in total. The fraction of sp³-hybridized carbons (Fsp3) is 0.0625. The maximum absolute atomic E-state index is 5.11. The Morgan fingerprint density at radius 1 is 1.05 bits per heavy atom. The standard InChI is InChI=1S/C16H14N4O/c1-21-15-9-7-13(8-10-15)11-17-20-12-16(18-19-20)14-5-3-2-4-6-14/h2-12H,1H3/b17-11+. The second-order valence-electron chi connectivity index (χ2n) is 4.41. The Labute approximate surface area is 122 Å². The van der Waals surface area contributed by atoms with Crippen LogP contribution in [0.5, 0.6) is 5.75 Å². The molecule has 3 aromatic rings. The third-order valence-electron chi connectivity index (χ3n) is 2.99. The molecule has 0 amide bonds. The number of methoxy groups -OCH3 is 1. The molecule has 0 fully saturated rings. The minimum absolute atomic E-state index is 0.794. The van der Waals surface area contributed by atoms with E-state index in [2.05, 4.69) is 15.4 Å². The Balaban J connectivity index is 1.76. The summed E-state index contributed by atoms with van der Waals surface area (Å²) in [4.78, 5) is 1.45. The summed E-state index contributed by atoms with van der Waals surface area (Å²) >= 11 is 0. The smallest absolute Gasteiger partial charge is 0.118 e. The van der Waals surface area contributed by atoms with E-state index in [0.29, 0.717) is 0 Å². The zero-order valence-corrected chi connectivity index (χ0v) is 11.5. The first-order valence-corrected chi connectivity index (χ1v) is 6.51. The van der Waals surface area contributed by atoms with Crippen LogP contribution in [0.3, 0.4) is 0 Å². The molecule has 0 bridgehead atoms. The molecule has 2 aromatic carbocycles. The molecule has 0 unspecified atom stereocenters. The molecule has 0 atom stereocenters. The number of ether oxygens (including phenoxy) is 1. The molecular formula is C16H14N4O. The van der Waals surface area contributed by atoms with Crippen molar-refractivity contribution in [2.45, 2.75) is 0 Å². The monoisotopic (exact) mass is 278 g/mol. The minimum Gasteiger partial charge on any atom is -0.497 e. The first-order chi connectivity index (χ1) is 10.3. The quantitative estimate of drug-likeness (QED) is 0.689. The van der Waals surface area contributed by atoms with Crippen molar-refractivity contribution in [2.75, 3.05) is 7.11 Å². The van der Waals surface area contributed by atoms with Crippen molar-refractivity contribution in [3.8, 4) is 17.0 Å². The number of hydrogen-bond acceptors (Lipinski definition) is 4. The second-order valence-corrected chi connectivity index (χ2v) is 4.41. The van der Waals surface area contributed by atoms with Crippen LogP contribution in [0.4, 0.5) is 0 Å². The van der Waals surface area contributed by atoms with Gasteiger partial charge in [-0.3, -0.25) is 0 Å². The van der Waals surface area contributed by atoms with Gasteiger partial charge in [-0.2, -0.15) is 5.10 Å². The van der Waals surface area contributed by atoms with E-state index in [1.807, 2.05) is 54.6 Å². The molecule has 0 saturated heterocycles. The Bertz CT molecular complexity index is 732. The summed E-state index contributed by atoms with van der Waals surface area (Å²) in [6.45, 7) is 0. The number of benzene rings is 2. The summed E-state index contributed by atoms with van der Waals surface area (Å²) in [5, 5.41) is 12.3. The van der Waals surface area contributed by atoms with E-state index in [0.717, 1.165) is 22.6 Å². The number of rotatable bonds is 4. The van der Waals surface area contributed by atoms with Crippen molar-refractivity contribution in [2.24, 2.45) is 5.10 Å². The predicted octanol–water partition coefficient (Wildman–Crippen LogP) is 2.84. The number of aromatic nitrogens is 3. The van der Waals surface area contributed by atoms with E-state index < -0.39 is 0 Å². The van der Waals surface area contributed by atoms with Gasteiger partial charge in [-0.1, -0.05) is 30.3 Å². The molecule has 0 aliphatic rings. The SMILES string of the molecule is COc1ccc(/C=N/n2cc(-c3ccccc3)nn2)cc1. The van der Waals surface area contributed by atoms with Gasteiger partial charge < -0.3 is 4.74 Å². The van der Waals surface area contributed by atoms with Gasteiger partial charge in [-0.05, 0) is 35.0 Å². The van der Waals surface area contributed by atoms with E-state index in [9.17, 15) is 0 Å². The molecule has 1 heterocycles. The highest BCUT2D eigenvalue weighted by molar-refractivity contribution is 5.79. The lowest BCUT2D eigenvalue weighted by Crippen LogP contribution is -1.91. The van der Waals surface area contributed by atoms with Crippen LogP contribution in [0.15, 0.2) is 65.9 Å². The van der Waals surface area contributed by atoms with E-state index >= 15 is 0 Å². The van der Waals surface area contributed by atoms with Gasteiger partial charge in [0.25, 0.3) is 0 Å². The molecule has 0 spiro atoms. The second kappa shape index (κ2) is 6.00. The first-order valence-electron chi connectivity index (χ1n) is 6.51. The Hall–Kier alpha value is -2.95. The number of hydrogen-bond donors (Lipinski definition) is 0. The van der Waals surface area contributed by atoms with Crippen LogP contribution in [-0.4, -0.2) is 28.4 Å². The lowest BCUT2D eigenvalue weighted by molar-refractivity contribution is 0.415. The zero-order valence-electron chi connectivity index (χ0n) is 11.5. The van der Waals surface area contributed by atoms with E-state index in [1.165, 1.54) is 4.79 Å². The molecule has 0 aliphatic heterocycles. The van der Waals surface area contributed by atoms with Gasteiger partial charge in [0.1, 0.15) is 11.4 Å². The largest absolute Gasteiger partial charge is 0.497 e. The van der Waals surface area contributed by atoms with Crippen LogP contribution in [0.25, 0.3) is 11.3 Å². The summed E-state index contributed by atoms with van der Waals surface area (Å²) in [5.41, 5.74) is 2.78. The van der Waals surface area contributed by atoms with Gasteiger partial charge in [0.05, 0.1) is 19.5 Å². The summed E-state index contributed by atoms with van der Waals surface area (Å²) in [6.07, 6.45) is 3.51. The molecule has 5 heteroatoms. The topological polar surface area (TPSA) is 52.3 Å². The molecular weight excluding hydrogens is 264 g/mol.